The van der Waals surface area contributed by atoms with Crippen LogP contribution in [0, 0.1) is 6.92 Å². The number of hydrogen-bond acceptors (Lipinski definition) is 3. The summed E-state index contributed by atoms with van der Waals surface area (Å²) in [4.78, 5) is 12.7. The average molecular weight is 423 g/mol. The fourth-order valence-electron chi connectivity index (χ4n) is 3.14. The number of benzene rings is 2. The van der Waals surface area contributed by atoms with Crippen molar-refractivity contribution < 1.29 is 13.2 Å². The number of carbonyl (C=O) groups excluding carboxylic acids is 1. The maximum absolute atomic E-state index is 12.7. The molecule has 1 atom stereocenters. The highest BCUT2D eigenvalue weighted by Gasteiger charge is 2.31. The molecule has 0 radical (unpaired) electrons. The second-order valence-electron chi connectivity index (χ2n) is 6.84. The Labute approximate surface area is 172 Å². The molecule has 0 aliphatic heterocycles. The van der Waals surface area contributed by atoms with Crippen molar-refractivity contribution in [2.24, 2.45) is 0 Å². The summed E-state index contributed by atoms with van der Waals surface area (Å²) in [5.74, 6) is -0.299. The summed E-state index contributed by atoms with van der Waals surface area (Å²) in [6.45, 7) is 4.33. The van der Waals surface area contributed by atoms with Gasteiger partial charge in [0, 0.05) is 11.6 Å². The maximum Gasteiger partial charge on any atom is 0.243 e. The Hall–Kier alpha value is -2.05. The number of hydrogen-bond donors (Lipinski definition) is 1. The number of anilines is 1. The summed E-state index contributed by atoms with van der Waals surface area (Å²) >= 11 is 5.90. The number of halogens is 1. The summed E-state index contributed by atoms with van der Waals surface area (Å²) in [5, 5.41) is 3.39. The number of nitrogens with zero attached hydrogens (tertiary/aromatic N) is 1. The third-order valence-corrected chi connectivity index (χ3v) is 5.87. The SMILES string of the molecule is CCC(C(=O)NCCCc1cccc(C)c1)N(c1ccc(Cl)cc1)S(C)(=O)=O. The molecule has 1 amide bonds. The van der Waals surface area contributed by atoms with Gasteiger partial charge in [-0.3, -0.25) is 9.10 Å². The van der Waals surface area contributed by atoms with Gasteiger partial charge >= 0.3 is 0 Å². The molecule has 0 aromatic heterocycles. The zero-order valence-electron chi connectivity index (χ0n) is 16.5. The van der Waals surface area contributed by atoms with Gasteiger partial charge in [0.05, 0.1) is 11.9 Å². The Morgan fingerprint density at radius 2 is 1.86 bits per heavy atom. The molecule has 0 spiro atoms. The van der Waals surface area contributed by atoms with Crippen molar-refractivity contribution in [3.63, 3.8) is 0 Å². The Morgan fingerprint density at radius 1 is 1.18 bits per heavy atom. The van der Waals surface area contributed by atoms with Gasteiger partial charge in [-0.1, -0.05) is 48.4 Å². The molecule has 2 aromatic carbocycles. The highest BCUT2D eigenvalue weighted by Crippen LogP contribution is 2.24. The highest BCUT2D eigenvalue weighted by molar-refractivity contribution is 7.92. The lowest BCUT2D eigenvalue weighted by Crippen LogP contribution is -2.49. The zero-order valence-corrected chi connectivity index (χ0v) is 18.1. The largest absolute Gasteiger partial charge is 0.354 e. The van der Waals surface area contributed by atoms with Crippen molar-refractivity contribution >= 4 is 33.2 Å². The first-order chi connectivity index (χ1) is 13.2. The van der Waals surface area contributed by atoms with E-state index in [0.29, 0.717) is 23.7 Å². The number of carbonyl (C=O) groups is 1. The fraction of sp³-hybridized carbons (Fsp3) is 0.381. The minimum absolute atomic E-state index is 0.299. The second kappa shape index (κ2) is 9.94. The number of sulfonamides is 1. The van der Waals surface area contributed by atoms with Crippen molar-refractivity contribution in [3.05, 3.63) is 64.7 Å². The molecule has 2 aromatic rings. The lowest BCUT2D eigenvalue weighted by molar-refractivity contribution is -0.122. The number of nitrogens with one attached hydrogen (secondary N) is 1. The molecule has 0 aliphatic carbocycles. The molecule has 0 aliphatic rings. The first-order valence-corrected chi connectivity index (χ1v) is 11.5. The lowest BCUT2D eigenvalue weighted by Gasteiger charge is -2.30. The smallest absolute Gasteiger partial charge is 0.243 e. The van der Waals surface area contributed by atoms with E-state index < -0.39 is 16.1 Å². The van der Waals surface area contributed by atoms with E-state index in [0.717, 1.165) is 19.1 Å². The second-order valence-corrected chi connectivity index (χ2v) is 9.14. The van der Waals surface area contributed by atoms with Crippen LogP contribution < -0.4 is 9.62 Å². The number of amides is 1. The Morgan fingerprint density at radius 3 is 2.43 bits per heavy atom. The van der Waals surface area contributed by atoms with Gasteiger partial charge in [-0.25, -0.2) is 8.42 Å². The van der Waals surface area contributed by atoms with Gasteiger partial charge in [0.15, 0.2) is 0 Å². The van der Waals surface area contributed by atoms with E-state index in [-0.39, 0.29) is 5.91 Å². The highest BCUT2D eigenvalue weighted by atomic mass is 35.5. The molecule has 7 heteroatoms. The molecule has 152 valence electrons. The van der Waals surface area contributed by atoms with Crippen LogP contribution in [-0.2, 0) is 21.2 Å². The van der Waals surface area contributed by atoms with Crippen LogP contribution in [0.5, 0.6) is 0 Å². The quantitative estimate of drug-likeness (QED) is 0.622. The van der Waals surface area contributed by atoms with Crippen LogP contribution in [0.3, 0.4) is 0 Å². The van der Waals surface area contributed by atoms with Crippen molar-refractivity contribution in [2.45, 2.75) is 39.2 Å². The van der Waals surface area contributed by atoms with Gasteiger partial charge in [0.1, 0.15) is 6.04 Å². The summed E-state index contributed by atoms with van der Waals surface area (Å²) in [6.07, 6.45) is 3.10. The van der Waals surface area contributed by atoms with Gasteiger partial charge in [-0.2, -0.15) is 0 Å². The van der Waals surface area contributed by atoms with Gasteiger partial charge in [-0.05, 0) is 56.0 Å². The van der Waals surface area contributed by atoms with Crippen LogP contribution in [0.2, 0.25) is 5.02 Å². The lowest BCUT2D eigenvalue weighted by atomic mass is 10.1. The summed E-state index contributed by atoms with van der Waals surface area (Å²) < 4.78 is 25.9. The van der Waals surface area contributed by atoms with E-state index >= 15 is 0 Å². The van der Waals surface area contributed by atoms with Crippen LogP contribution in [0.25, 0.3) is 0 Å². The molecule has 5 nitrogen and oxygen atoms in total. The van der Waals surface area contributed by atoms with Crippen molar-refractivity contribution in [1.82, 2.24) is 5.32 Å². The van der Waals surface area contributed by atoms with Gasteiger partial charge in [0.25, 0.3) is 0 Å². The minimum Gasteiger partial charge on any atom is -0.354 e. The topological polar surface area (TPSA) is 66.5 Å². The first kappa shape index (κ1) is 22.2. The minimum atomic E-state index is -3.64. The normalized spacial score (nSPS) is 12.4. The van der Waals surface area contributed by atoms with E-state index in [4.69, 9.17) is 11.6 Å². The molecule has 2 rings (SSSR count). The van der Waals surface area contributed by atoms with Crippen LogP contribution in [0.1, 0.15) is 30.9 Å². The summed E-state index contributed by atoms with van der Waals surface area (Å²) in [6, 6.07) is 13.9. The predicted molar refractivity (Wildman–Crippen MR) is 115 cm³/mol. The van der Waals surface area contributed by atoms with Crippen molar-refractivity contribution in [1.29, 1.82) is 0 Å². The van der Waals surface area contributed by atoms with E-state index in [1.807, 2.05) is 19.1 Å². The molecule has 0 fully saturated rings. The van der Waals surface area contributed by atoms with Gasteiger partial charge in [-0.15, -0.1) is 0 Å². The number of aryl methyl sites for hydroxylation is 2. The van der Waals surface area contributed by atoms with Crippen LogP contribution in [-0.4, -0.2) is 33.2 Å². The van der Waals surface area contributed by atoms with Gasteiger partial charge < -0.3 is 5.32 Å². The molecule has 0 saturated carbocycles. The molecule has 0 bridgehead atoms. The Balaban J connectivity index is 2.04. The summed E-state index contributed by atoms with van der Waals surface area (Å²) in [7, 11) is -3.64. The van der Waals surface area contributed by atoms with Crippen molar-refractivity contribution in [3.8, 4) is 0 Å². The average Bonchev–Trinajstić information content (AvgIpc) is 2.63. The zero-order chi connectivity index (χ0) is 20.7. The van der Waals surface area contributed by atoms with E-state index in [9.17, 15) is 13.2 Å². The van der Waals surface area contributed by atoms with Gasteiger partial charge in [0.2, 0.25) is 15.9 Å². The van der Waals surface area contributed by atoms with Crippen LogP contribution >= 0.6 is 11.6 Å². The van der Waals surface area contributed by atoms with Crippen molar-refractivity contribution in [2.75, 3.05) is 17.1 Å². The maximum atomic E-state index is 12.7. The standard InChI is InChI=1S/C21H27ClN2O3S/c1-4-20(24(28(3,26)27)19-12-10-18(22)11-13-19)21(25)23-14-6-9-17-8-5-7-16(2)15-17/h5,7-8,10-13,15,20H,4,6,9,14H2,1-3H3,(H,23,25). The monoisotopic (exact) mass is 422 g/mol. The predicted octanol–water partition coefficient (Wildman–Crippen LogP) is 3.94. The van der Waals surface area contributed by atoms with Crippen LogP contribution in [0.4, 0.5) is 5.69 Å². The van der Waals surface area contributed by atoms with E-state index in [1.165, 1.54) is 15.4 Å². The fourth-order valence-corrected chi connectivity index (χ4v) is 4.48. The third kappa shape index (κ3) is 6.24. The molecule has 1 N–H and O–H groups in total. The van der Waals surface area contributed by atoms with E-state index in [2.05, 4.69) is 17.4 Å². The molecule has 28 heavy (non-hydrogen) atoms. The molecular formula is C21H27ClN2O3S. The summed E-state index contributed by atoms with van der Waals surface area (Å²) in [5.41, 5.74) is 2.85. The third-order valence-electron chi connectivity index (χ3n) is 4.43. The Bertz CT molecular complexity index is 898. The van der Waals surface area contributed by atoms with Crippen LogP contribution in [0.15, 0.2) is 48.5 Å². The number of rotatable bonds is 9. The molecule has 0 heterocycles. The first-order valence-electron chi connectivity index (χ1n) is 9.30. The molecule has 1 unspecified atom stereocenters. The Kier molecular flexibility index (Phi) is 7.89. The van der Waals surface area contributed by atoms with E-state index in [1.54, 1.807) is 31.2 Å². The molecule has 0 saturated heterocycles. The molecular weight excluding hydrogens is 396 g/mol.